The third-order valence-electron chi connectivity index (χ3n) is 2.76. The molecule has 20 heavy (non-hydrogen) atoms. The van der Waals surface area contributed by atoms with Crippen LogP contribution in [0.1, 0.15) is 28.9 Å². The zero-order valence-electron chi connectivity index (χ0n) is 10.4. The van der Waals surface area contributed by atoms with Crippen LogP contribution in [0.4, 0.5) is 10.1 Å². The molecule has 0 fully saturated rings. The Hall–Kier alpha value is -1.30. The molecule has 1 aromatic heterocycles. The lowest BCUT2D eigenvalue weighted by Gasteiger charge is -2.15. The summed E-state index contributed by atoms with van der Waals surface area (Å²) in [7, 11) is 0. The van der Waals surface area contributed by atoms with Gasteiger partial charge in [0.1, 0.15) is 5.82 Å². The Morgan fingerprint density at radius 1 is 1.40 bits per heavy atom. The second kappa shape index (κ2) is 5.99. The van der Waals surface area contributed by atoms with Crippen LogP contribution in [0.2, 0.25) is 8.67 Å². The van der Waals surface area contributed by atoms with Gasteiger partial charge in [-0.15, -0.1) is 11.3 Å². The number of hydrogen-bond donors (Lipinski definition) is 2. The van der Waals surface area contributed by atoms with E-state index in [-0.39, 0.29) is 11.6 Å². The topological polar surface area (TPSA) is 55.1 Å². The van der Waals surface area contributed by atoms with Gasteiger partial charge in [-0.1, -0.05) is 23.2 Å². The highest BCUT2D eigenvalue weighted by atomic mass is 35.5. The molecular formula is C13H11Cl2FN2OS. The standard InChI is InChI=1S/C13H11Cl2FN2OS/c1-6(8-5-11(14)20-12(8)15)18-7-2-3-10(16)9(4-7)13(17)19/h2-6,18H,1H3,(H2,17,19). The van der Waals surface area contributed by atoms with Crippen LogP contribution in [0.3, 0.4) is 0 Å². The summed E-state index contributed by atoms with van der Waals surface area (Å²) >= 11 is 13.2. The number of primary amides is 1. The van der Waals surface area contributed by atoms with Crippen LogP contribution < -0.4 is 11.1 Å². The van der Waals surface area contributed by atoms with Crippen LogP contribution in [-0.4, -0.2) is 5.91 Å². The van der Waals surface area contributed by atoms with Crippen molar-refractivity contribution in [2.75, 3.05) is 5.32 Å². The molecule has 0 aliphatic rings. The van der Waals surface area contributed by atoms with Gasteiger partial charge >= 0.3 is 0 Å². The number of anilines is 1. The Labute approximate surface area is 129 Å². The van der Waals surface area contributed by atoms with Gasteiger partial charge in [0.15, 0.2) is 0 Å². The van der Waals surface area contributed by atoms with Gasteiger partial charge in [0.2, 0.25) is 0 Å². The molecule has 2 rings (SSSR count). The highest BCUT2D eigenvalue weighted by molar-refractivity contribution is 7.20. The van der Waals surface area contributed by atoms with Crippen LogP contribution >= 0.6 is 34.5 Å². The minimum Gasteiger partial charge on any atom is -0.378 e. The van der Waals surface area contributed by atoms with E-state index < -0.39 is 11.7 Å². The third-order valence-corrected chi connectivity index (χ3v) is 4.28. The van der Waals surface area contributed by atoms with Crippen LogP contribution in [0.15, 0.2) is 24.3 Å². The summed E-state index contributed by atoms with van der Waals surface area (Å²) < 4.78 is 14.6. The number of amides is 1. The predicted octanol–water partition coefficient (Wildman–Crippen LogP) is 4.47. The van der Waals surface area contributed by atoms with Crippen LogP contribution in [0.25, 0.3) is 0 Å². The van der Waals surface area contributed by atoms with Gasteiger partial charge in [0.25, 0.3) is 5.91 Å². The van der Waals surface area contributed by atoms with E-state index in [1.807, 2.05) is 6.92 Å². The fourth-order valence-corrected chi connectivity index (χ4v) is 3.43. The first-order chi connectivity index (χ1) is 9.38. The van der Waals surface area contributed by atoms with Crippen molar-refractivity contribution < 1.29 is 9.18 Å². The van der Waals surface area contributed by atoms with Crippen molar-refractivity contribution >= 4 is 46.1 Å². The molecule has 1 unspecified atom stereocenters. The molecule has 1 aromatic carbocycles. The normalized spacial score (nSPS) is 12.2. The van der Waals surface area contributed by atoms with Crippen molar-refractivity contribution in [2.24, 2.45) is 5.73 Å². The number of rotatable bonds is 4. The molecule has 0 bridgehead atoms. The summed E-state index contributed by atoms with van der Waals surface area (Å²) in [6, 6.07) is 5.72. The van der Waals surface area contributed by atoms with Crippen LogP contribution in [-0.2, 0) is 0 Å². The van der Waals surface area contributed by atoms with Crippen molar-refractivity contribution in [3.05, 3.63) is 49.9 Å². The monoisotopic (exact) mass is 332 g/mol. The van der Waals surface area contributed by atoms with Gasteiger partial charge in [-0.3, -0.25) is 4.79 Å². The van der Waals surface area contributed by atoms with Crippen LogP contribution in [0, 0.1) is 5.82 Å². The summed E-state index contributed by atoms with van der Waals surface area (Å²) in [6.45, 7) is 1.89. The van der Waals surface area contributed by atoms with Crippen molar-refractivity contribution in [3.8, 4) is 0 Å². The van der Waals surface area contributed by atoms with Gasteiger partial charge in [-0.05, 0) is 31.2 Å². The maximum Gasteiger partial charge on any atom is 0.251 e. The van der Waals surface area contributed by atoms with E-state index in [9.17, 15) is 9.18 Å². The zero-order valence-corrected chi connectivity index (χ0v) is 12.7. The molecule has 0 aliphatic heterocycles. The Morgan fingerprint density at radius 2 is 2.10 bits per heavy atom. The number of benzene rings is 1. The lowest BCUT2D eigenvalue weighted by Crippen LogP contribution is -2.14. The van der Waals surface area contributed by atoms with Gasteiger partial charge in [0, 0.05) is 11.3 Å². The molecule has 0 saturated carbocycles. The fourth-order valence-electron chi connectivity index (χ4n) is 1.78. The minimum absolute atomic E-state index is 0.141. The van der Waals surface area contributed by atoms with Gasteiger partial charge in [0.05, 0.1) is 20.3 Å². The van der Waals surface area contributed by atoms with E-state index in [0.717, 1.165) is 5.56 Å². The Morgan fingerprint density at radius 3 is 2.65 bits per heavy atom. The highest BCUT2D eigenvalue weighted by Gasteiger charge is 2.15. The number of halogens is 3. The Bertz CT molecular complexity index is 660. The largest absolute Gasteiger partial charge is 0.378 e. The lowest BCUT2D eigenvalue weighted by molar-refractivity contribution is 0.0996. The van der Waals surface area contributed by atoms with E-state index in [2.05, 4.69) is 5.32 Å². The molecule has 3 nitrogen and oxygen atoms in total. The third kappa shape index (κ3) is 3.23. The molecule has 0 saturated heterocycles. The quantitative estimate of drug-likeness (QED) is 0.867. The molecule has 0 aliphatic carbocycles. The molecule has 0 radical (unpaired) electrons. The molecule has 3 N–H and O–H groups in total. The maximum atomic E-state index is 13.4. The molecule has 0 spiro atoms. The van der Waals surface area contributed by atoms with Gasteiger partial charge in [-0.25, -0.2) is 4.39 Å². The summed E-state index contributed by atoms with van der Waals surface area (Å²) in [5.41, 5.74) is 6.37. The number of carbonyl (C=O) groups excluding carboxylic acids is 1. The molecule has 2 aromatic rings. The summed E-state index contributed by atoms with van der Waals surface area (Å²) in [6.07, 6.45) is 0. The second-order valence-electron chi connectivity index (χ2n) is 4.20. The first-order valence-electron chi connectivity index (χ1n) is 5.69. The van der Waals surface area contributed by atoms with Crippen molar-refractivity contribution in [3.63, 3.8) is 0 Å². The number of nitrogens with one attached hydrogen (secondary N) is 1. The SMILES string of the molecule is CC(Nc1ccc(F)c(C(N)=O)c1)c1cc(Cl)sc1Cl. The zero-order chi connectivity index (χ0) is 14.9. The first kappa shape index (κ1) is 15.1. The number of carbonyl (C=O) groups is 1. The molecule has 7 heteroatoms. The molecule has 1 amide bonds. The van der Waals surface area contributed by atoms with Crippen molar-refractivity contribution in [1.82, 2.24) is 0 Å². The summed E-state index contributed by atoms with van der Waals surface area (Å²) in [5, 5.41) is 3.12. The smallest absolute Gasteiger partial charge is 0.251 e. The molecule has 106 valence electrons. The Balaban J connectivity index is 2.24. The second-order valence-corrected chi connectivity index (χ2v) is 6.49. The average Bonchev–Trinajstić information content (AvgIpc) is 2.70. The van der Waals surface area contributed by atoms with Crippen LogP contribution in [0.5, 0.6) is 0 Å². The minimum atomic E-state index is -0.810. The van der Waals surface area contributed by atoms with Gasteiger partial charge in [-0.2, -0.15) is 0 Å². The molecular weight excluding hydrogens is 322 g/mol. The van der Waals surface area contributed by atoms with E-state index in [1.54, 1.807) is 6.07 Å². The first-order valence-corrected chi connectivity index (χ1v) is 7.26. The fraction of sp³-hybridized carbons (Fsp3) is 0.154. The highest BCUT2D eigenvalue weighted by Crippen LogP contribution is 2.36. The number of nitrogens with two attached hydrogens (primary N) is 1. The average molecular weight is 333 g/mol. The predicted molar refractivity (Wildman–Crippen MR) is 81.3 cm³/mol. The summed E-state index contributed by atoms with van der Waals surface area (Å²) in [4.78, 5) is 11.1. The van der Waals surface area contributed by atoms with Gasteiger partial charge < -0.3 is 11.1 Å². The Kier molecular flexibility index (Phi) is 4.52. The van der Waals surface area contributed by atoms with E-state index in [0.29, 0.717) is 14.4 Å². The molecule has 1 heterocycles. The van der Waals surface area contributed by atoms with E-state index in [4.69, 9.17) is 28.9 Å². The lowest BCUT2D eigenvalue weighted by atomic mass is 10.1. The van der Waals surface area contributed by atoms with E-state index >= 15 is 0 Å². The summed E-state index contributed by atoms with van der Waals surface area (Å²) in [5.74, 6) is -1.46. The van der Waals surface area contributed by atoms with E-state index in [1.165, 1.54) is 29.5 Å². The number of hydrogen-bond acceptors (Lipinski definition) is 3. The number of thiophene rings is 1. The molecule has 1 atom stereocenters. The van der Waals surface area contributed by atoms with Crippen molar-refractivity contribution in [2.45, 2.75) is 13.0 Å². The van der Waals surface area contributed by atoms with Crippen molar-refractivity contribution in [1.29, 1.82) is 0 Å². The maximum absolute atomic E-state index is 13.4.